The number of carbonyl (C=O) groups is 4. The number of nitrogens with zero attached hydrogens (tertiary/aromatic N) is 3. The zero-order valence-electron chi connectivity index (χ0n) is 22.5. The number of hydrogen-bond donors (Lipinski definition) is 2. The average molecular weight is 550 g/mol. The van der Waals surface area contributed by atoms with E-state index in [-0.39, 0.29) is 24.2 Å². The van der Waals surface area contributed by atoms with Crippen LogP contribution in [0.25, 0.3) is 0 Å². The summed E-state index contributed by atoms with van der Waals surface area (Å²) in [6, 6.07) is 13.8. The van der Waals surface area contributed by atoms with Gasteiger partial charge in [-0.05, 0) is 61.4 Å². The van der Waals surface area contributed by atoms with E-state index in [2.05, 4.69) is 10.1 Å². The molecule has 2 heterocycles. The summed E-state index contributed by atoms with van der Waals surface area (Å²) in [5.74, 6) is -1.53. The molecule has 0 spiro atoms. The van der Waals surface area contributed by atoms with Gasteiger partial charge in [0.1, 0.15) is 5.82 Å². The number of piperazine rings is 1. The fourth-order valence-electron chi connectivity index (χ4n) is 4.71. The van der Waals surface area contributed by atoms with Crippen molar-refractivity contribution < 1.29 is 28.3 Å². The molecule has 1 aliphatic heterocycles. The van der Waals surface area contributed by atoms with Gasteiger partial charge in [-0.3, -0.25) is 14.5 Å². The van der Waals surface area contributed by atoms with Crippen LogP contribution in [0, 0.1) is 12.7 Å². The number of Topliss-reactive ketones (excluding diaryl/α,β-unsaturated/α-hetero) is 1. The van der Waals surface area contributed by atoms with Crippen molar-refractivity contribution in [1.29, 1.82) is 0 Å². The van der Waals surface area contributed by atoms with Crippen molar-refractivity contribution in [1.82, 2.24) is 14.4 Å². The third kappa shape index (κ3) is 6.73. The number of nitrogens with one attached hydrogen (secondary N) is 1. The van der Waals surface area contributed by atoms with Crippen LogP contribution in [0.3, 0.4) is 0 Å². The van der Waals surface area contributed by atoms with Crippen molar-refractivity contribution in [3.63, 3.8) is 0 Å². The quantitative estimate of drug-likeness (QED) is 0.312. The van der Waals surface area contributed by atoms with Gasteiger partial charge in [-0.2, -0.15) is 0 Å². The zero-order chi connectivity index (χ0) is 28.8. The van der Waals surface area contributed by atoms with Crippen LogP contribution in [0.5, 0.6) is 0 Å². The third-order valence-corrected chi connectivity index (χ3v) is 7.04. The maximum absolute atomic E-state index is 13.3. The summed E-state index contributed by atoms with van der Waals surface area (Å²) in [6.07, 6.45) is 0.549. The fraction of sp³-hybridized carbons (Fsp3) is 0.310. The predicted molar refractivity (Wildman–Crippen MR) is 147 cm³/mol. The number of halogens is 1. The van der Waals surface area contributed by atoms with E-state index in [1.807, 2.05) is 4.90 Å². The number of methoxy groups -OCH3 is 1. The van der Waals surface area contributed by atoms with Crippen LogP contribution in [0.4, 0.5) is 14.9 Å². The number of amides is 3. The van der Waals surface area contributed by atoms with Gasteiger partial charge in [-0.1, -0.05) is 12.1 Å². The molecule has 0 saturated carbocycles. The largest absolute Gasteiger partial charge is 0.465 e. The van der Waals surface area contributed by atoms with Crippen LogP contribution >= 0.6 is 0 Å². The minimum Gasteiger partial charge on any atom is -0.465 e. The molecule has 0 unspecified atom stereocenters. The van der Waals surface area contributed by atoms with Crippen molar-refractivity contribution >= 4 is 29.4 Å². The Morgan fingerprint density at radius 2 is 1.62 bits per heavy atom. The zero-order valence-corrected chi connectivity index (χ0v) is 22.5. The van der Waals surface area contributed by atoms with Crippen LogP contribution in [0.1, 0.15) is 42.5 Å². The first-order valence-corrected chi connectivity index (χ1v) is 12.9. The number of benzene rings is 2. The molecule has 3 amide bonds. The van der Waals surface area contributed by atoms with E-state index in [9.17, 15) is 23.6 Å². The van der Waals surface area contributed by atoms with Crippen LogP contribution in [0.15, 0.2) is 54.6 Å². The molecule has 210 valence electrons. The summed E-state index contributed by atoms with van der Waals surface area (Å²) < 4.78 is 19.7. The molecule has 1 aliphatic rings. The highest BCUT2D eigenvalue weighted by Gasteiger charge is 2.26. The Kier molecular flexibility index (Phi) is 8.95. The first-order chi connectivity index (χ1) is 19.2. The van der Waals surface area contributed by atoms with E-state index < -0.39 is 11.9 Å². The maximum Gasteiger partial charge on any atom is 0.337 e. The first-order valence-electron chi connectivity index (χ1n) is 12.9. The number of aromatic nitrogens is 1. The van der Waals surface area contributed by atoms with Gasteiger partial charge < -0.3 is 25.3 Å². The number of hydrogen-bond acceptors (Lipinski definition) is 6. The number of primary amides is 1. The number of esters is 1. The second kappa shape index (κ2) is 12.6. The highest BCUT2D eigenvalue weighted by Crippen LogP contribution is 2.19. The molecule has 0 aliphatic carbocycles. The number of ketones is 1. The van der Waals surface area contributed by atoms with E-state index in [1.54, 1.807) is 58.9 Å². The van der Waals surface area contributed by atoms with Gasteiger partial charge in [0.05, 0.1) is 30.5 Å². The lowest BCUT2D eigenvalue weighted by Gasteiger charge is -2.34. The number of ether oxygens (including phenoxy) is 1. The Morgan fingerprint density at radius 1 is 0.975 bits per heavy atom. The molecule has 1 saturated heterocycles. The second-order valence-corrected chi connectivity index (χ2v) is 9.61. The van der Waals surface area contributed by atoms with E-state index in [0.717, 1.165) is 5.56 Å². The van der Waals surface area contributed by atoms with Crippen LogP contribution in [-0.2, 0) is 17.7 Å². The minimum absolute atomic E-state index is 0.128. The summed E-state index contributed by atoms with van der Waals surface area (Å²) >= 11 is 0. The molecule has 3 N–H and O–H groups in total. The van der Waals surface area contributed by atoms with E-state index in [1.165, 1.54) is 19.2 Å². The minimum atomic E-state index is -0.605. The Bertz CT molecular complexity index is 1390. The normalized spacial score (nSPS) is 13.6. The van der Waals surface area contributed by atoms with Gasteiger partial charge >= 0.3 is 12.0 Å². The Balaban J connectivity index is 1.35. The average Bonchev–Trinajstić information content (AvgIpc) is 3.29. The molecule has 4 rings (SSSR count). The molecule has 0 bridgehead atoms. The van der Waals surface area contributed by atoms with E-state index >= 15 is 0 Å². The lowest BCUT2D eigenvalue weighted by molar-refractivity contribution is 0.0600. The van der Waals surface area contributed by atoms with Crippen molar-refractivity contribution in [2.45, 2.75) is 19.9 Å². The number of nitrogens with two attached hydrogens (primary N) is 1. The van der Waals surface area contributed by atoms with Crippen LogP contribution < -0.4 is 11.1 Å². The third-order valence-electron chi connectivity index (χ3n) is 7.04. The Labute approximate surface area is 231 Å². The van der Waals surface area contributed by atoms with Gasteiger partial charge in [0.25, 0.3) is 5.91 Å². The smallest absolute Gasteiger partial charge is 0.337 e. The molecule has 40 heavy (non-hydrogen) atoms. The SMILES string of the molecule is COC(=O)c1ccc(NC(=O)N2CCN(CC(=O)c3cc(C(N)=O)c(C)n3CCc3ccc(F)cc3)CC2)cc1. The topological polar surface area (TPSA) is 127 Å². The number of urea groups is 1. The van der Waals surface area contributed by atoms with E-state index in [4.69, 9.17) is 5.73 Å². The maximum atomic E-state index is 13.3. The lowest BCUT2D eigenvalue weighted by Crippen LogP contribution is -2.51. The molecular formula is C29H32FN5O5. The number of rotatable bonds is 9. The summed E-state index contributed by atoms with van der Waals surface area (Å²) in [5, 5.41) is 2.82. The summed E-state index contributed by atoms with van der Waals surface area (Å²) in [7, 11) is 1.30. The van der Waals surface area contributed by atoms with Crippen LogP contribution in [-0.4, -0.2) is 77.9 Å². The predicted octanol–water partition coefficient (Wildman–Crippen LogP) is 3.10. The molecule has 10 nitrogen and oxygen atoms in total. The number of carbonyl (C=O) groups excluding carboxylic acids is 4. The van der Waals surface area contributed by atoms with Gasteiger partial charge in [-0.25, -0.2) is 14.0 Å². The summed E-state index contributed by atoms with van der Waals surface area (Å²) in [4.78, 5) is 53.3. The van der Waals surface area contributed by atoms with Crippen molar-refractivity contribution in [3.8, 4) is 0 Å². The molecule has 1 fully saturated rings. The molecular weight excluding hydrogens is 517 g/mol. The van der Waals surface area contributed by atoms with Gasteiger partial charge in [0, 0.05) is 44.1 Å². The Hall–Kier alpha value is -4.51. The first kappa shape index (κ1) is 28.5. The Morgan fingerprint density at radius 3 is 2.23 bits per heavy atom. The van der Waals surface area contributed by atoms with Gasteiger partial charge in [-0.15, -0.1) is 0 Å². The highest BCUT2D eigenvalue weighted by atomic mass is 19.1. The standard InChI is InChI=1S/C29H32FN5O5/c1-19-24(27(31)37)17-25(35(19)12-11-20-3-7-22(30)8-4-20)26(36)18-33-13-15-34(16-14-33)29(39)32-23-9-5-21(6-10-23)28(38)40-2/h3-10,17H,11-16,18H2,1-2H3,(H2,31,37)(H,32,39). The highest BCUT2D eigenvalue weighted by molar-refractivity contribution is 6.01. The molecule has 0 atom stereocenters. The molecule has 0 radical (unpaired) electrons. The van der Waals surface area contributed by atoms with Crippen molar-refractivity contribution in [3.05, 3.63) is 88.5 Å². The van der Waals surface area contributed by atoms with Crippen molar-refractivity contribution in [2.24, 2.45) is 5.73 Å². The van der Waals surface area contributed by atoms with Crippen molar-refractivity contribution in [2.75, 3.05) is 45.2 Å². The van der Waals surface area contributed by atoms with Crippen LogP contribution in [0.2, 0.25) is 0 Å². The monoisotopic (exact) mass is 549 g/mol. The number of anilines is 1. The number of aryl methyl sites for hydroxylation is 1. The molecule has 2 aromatic carbocycles. The second-order valence-electron chi connectivity index (χ2n) is 9.61. The lowest BCUT2D eigenvalue weighted by atomic mass is 10.1. The molecule has 1 aromatic heterocycles. The van der Waals surface area contributed by atoms with E-state index in [0.29, 0.717) is 67.3 Å². The molecule has 3 aromatic rings. The fourth-order valence-corrected chi connectivity index (χ4v) is 4.71. The van der Waals surface area contributed by atoms with Gasteiger partial charge in [0.15, 0.2) is 5.78 Å². The summed E-state index contributed by atoms with van der Waals surface area (Å²) in [5.41, 5.74) is 8.69. The van der Waals surface area contributed by atoms with Gasteiger partial charge in [0.2, 0.25) is 0 Å². The summed E-state index contributed by atoms with van der Waals surface area (Å²) in [6.45, 7) is 4.16. The molecule has 11 heteroatoms.